The Bertz CT molecular complexity index is 337. The number of hydrogen-bond donors (Lipinski definition) is 2. The number of carbonyl (C=O) groups excluding carboxylic acids is 1. The van der Waals surface area contributed by atoms with E-state index in [1.165, 1.54) is 5.56 Å². The highest BCUT2D eigenvalue weighted by Gasteiger charge is 2.10. The second-order valence-electron chi connectivity index (χ2n) is 4.53. The third kappa shape index (κ3) is 4.57. The Hall–Kier alpha value is -1.35. The zero-order valence-electron chi connectivity index (χ0n) is 10.6. The molecule has 1 aromatic carbocycles. The topological polar surface area (TPSA) is 55.1 Å². The van der Waals surface area contributed by atoms with E-state index in [0.29, 0.717) is 19.0 Å². The summed E-state index contributed by atoms with van der Waals surface area (Å²) in [5.74, 6) is 0.416. The molecule has 1 aromatic rings. The van der Waals surface area contributed by atoms with Crippen LogP contribution in [0.5, 0.6) is 0 Å². The van der Waals surface area contributed by atoms with Crippen LogP contribution in [0.4, 0.5) is 0 Å². The van der Waals surface area contributed by atoms with E-state index in [-0.39, 0.29) is 11.8 Å². The van der Waals surface area contributed by atoms with Crippen molar-refractivity contribution in [2.75, 3.05) is 13.1 Å². The summed E-state index contributed by atoms with van der Waals surface area (Å²) in [6, 6.07) is 10.3. The number of benzene rings is 1. The van der Waals surface area contributed by atoms with Crippen molar-refractivity contribution in [1.82, 2.24) is 5.32 Å². The number of nitrogens with two attached hydrogens (primary N) is 1. The molecule has 0 aliphatic carbocycles. The molecule has 1 rings (SSSR count). The Morgan fingerprint density at radius 1 is 1.29 bits per heavy atom. The zero-order chi connectivity index (χ0) is 12.7. The molecule has 0 aliphatic rings. The Labute approximate surface area is 103 Å². The van der Waals surface area contributed by atoms with Crippen LogP contribution in [0.1, 0.15) is 31.7 Å². The van der Waals surface area contributed by atoms with Gasteiger partial charge in [0.15, 0.2) is 0 Å². The van der Waals surface area contributed by atoms with Crippen molar-refractivity contribution >= 4 is 5.91 Å². The van der Waals surface area contributed by atoms with Gasteiger partial charge in [-0.3, -0.25) is 4.79 Å². The molecule has 0 radical (unpaired) electrons. The summed E-state index contributed by atoms with van der Waals surface area (Å²) in [5, 5.41) is 2.92. The monoisotopic (exact) mass is 234 g/mol. The van der Waals surface area contributed by atoms with E-state index in [1.54, 1.807) is 0 Å². The van der Waals surface area contributed by atoms with Crippen LogP contribution in [0.15, 0.2) is 30.3 Å². The van der Waals surface area contributed by atoms with E-state index in [2.05, 4.69) is 24.4 Å². The van der Waals surface area contributed by atoms with Gasteiger partial charge in [-0.05, 0) is 17.9 Å². The average Bonchev–Trinajstić information content (AvgIpc) is 2.38. The van der Waals surface area contributed by atoms with Gasteiger partial charge in [0.2, 0.25) is 5.91 Å². The molecule has 0 fully saturated rings. The molecule has 2 unspecified atom stereocenters. The summed E-state index contributed by atoms with van der Waals surface area (Å²) >= 11 is 0. The minimum atomic E-state index is -0.0953. The second kappa shape index (κ2) is 7.07. The summed E-state index contributed by atoms with van der Waals surface area (Å²) in [4.78, 5) is 11.5. The molecule has 17 heavy (non-hydrogen) atoms. The van der Waals surface area contributed by atoms with Crippen molar-refractivity contribution in [3.63, 3.8) is 0 Å². The third-order valence-electron chi connectivity index (χ3n) is 3.05. The molecule has 0 bridgehead atoms. The number of carbonyl (C=O) groups is 1. The zero-order valence-corrected chi connectivity index (χ0v) is 10.6. The molecule has 0 aromatic heterocycles. The molecule has 2 atom stereocenters. The fraction of sp³-hybridized carbons (Fsp3) is 0.500. The molecular weight excluding hydrogens is 212 g/mol. The first kappa shape index (κ1) is 13.7. The quantitative estimate of drug-likeness (QED) is 0.789. The minimum absolute atomic E-state index is 0.0489. The van der Waals surface area contributed by atoms with Gasteiger partial charge in [-0.1, -0.05) is 44.2 Å². The van der Waals surface area contributed by atoms with E-state index in [1.807, 2.05) is 25.1 Å². The van der Waals surface area contributed by atoms with E-state index >= 15 is 0 Å². The summed E-state index contributed by atoms with van der Waals surface area (Å²) in [6.07, 6.45) is 0.951. The maximum absolute atomic E-state index is 11.5. The number of amides is 1. The largest absolute Gasteiger partial charge is 0.356 e. The summed E-state index contributed by atoms with van der Waals surface area (Å²) in [5.41, 5.74) is 6.75. The Morgan fingerprint density at radius 2 is 1.94 bits per heavy atom. The lowest BCUT2D eigenvalue weighted by atomic mass is 9.98. The molecule has 0 saturated heterocycles. The predicted molar refractivity (Wildman–Crippen MR) is 70.7 cm³/mol. The van der Waals surface area contributed by atoms with Gasteiger partial charge in [-0.2, -0.15) is 0 Å². The molecule has 0 aliphatic heterocycles. The lowest BCUT2D eigenvalue weighted by molar-refractivity contribution is -0.124. The molecular formula is C14H22N2O. The van der Waals surface area contributed by atoms with Gasteiger partial charge in [0.25, 0.3) is 0 Å². The first-order chi connectivity index (χ1) is 8.15. The van der Waals surface area contributed by atoms with Crippen molar-refractivity contribution in [1.29, 1.82) is 0 Å². The maximum Gasteiger partial charge on any atom is 0.224 e. The van der Waals surface area contributed by atoms with Gasteiger partial charge in [0, 0.05) is 19.0 Å². The number of rotatable bonds is 6. The molecule has 3 nitrogen and oxygen atoms in total. The lowest BCUT2D eigenvalue weighted by Gasteiger charge is -2.14. The lowest BCUT2D eigenvalue weighted by Crippen LogP contribution is -2.34. The van der Waals surface area contributed by atoms with Crippen LogP contribution in [0.25, 0.3) is 0 Å². The standard InChI is InChI=1S/C14H22N2O/c1-11(13-6-4-3-5-7-13)8-9-16-14(17)12(2)10-15/h3-7,11-12H,8-10,15H2,1-2H3,(H,16,17). The van der Waals surface area contributed by atoms with Crippen molar-refractivity contribution in [3.05, 3.63) is 35.9 Å². The van der Waals surface area contributed by atoms with Crippen LogP contribution in [0.2, 0.25) is 0 Å². The van der Waals surface area contributed by atoms with Gasteiger partial charge in [0.05, 0.1) is 0 Å². The van der Waals surface area contributed by atoms with E-state index in [4.69, 9.17) is 5.73 Å². The molecule has 0 spiro atoms. The highest BCUT2D eigenvalue weighted by atomic mass is 16.1. The molecule has 0 heterocycles. The van der Waals surface area contributed by atoms with Gasteiger partial charge in [0.1, 0.15) is 0 Å². The highest BCUT2D eigenvalue weighted by molar-refractivity contribution is 5.78. The predicted octanol–water partition coefficient (Wildman–Crippen LogP) is 1.89. The number of hydrogen-bond acceptors (Lipinski definition) is 2. The molecule has 94 valence electrons. The van der Waals surface area contributed by atoms with Gasteiger partial charge in [-0.15, -0.1) is 0 Å². The first-order valence-corrected chi connectivity index (χ1v) is 6.18. The first-order valence-electron chi connectivity index (χ1n) is 6.18. The van der Waals surface area contributed by atoms with Crippen molar-refractivity contribution in [3.8, 4) is 0 Å². The highest BCUT2D eigenvalue weighted by Crippen LogP contribution is 2.17. The average molecular weight is 234 g/mol. The Morgan fingerprint density at radius 3 is 2.53 bits per heavy atom. The van der Waals surface area contributed by atoms with Crippen LogP contribution in [0.3, 0.4) is 0 Å². The SMILES string of the molecule is CC(CN)C(=O)NCCC(C)c1ccccc1. The van der Waals surface area contributed by atoms with Crippen LogP contribution < -0.4 is 11.1 Å². The van der Waals surface area contributed by atoms with Crippen molar-refractivity contribution in [2.45, 2.75) is 26.2 Å². The van der Waals surface area contributed by atoms with E-state index in [0.717, 1.165) is 6.42 Å². The second-order valence-corrected chi connectivity index (χ2v) is 4.53. The van der Waals surface area contributed by atoms with Crippen molar-refractivity contribution in [2.24, 2.45) is 11.7 Å². The van der Waals surface area contributed by atoms with Gasteiger partial charge >= 0.3 is 0 Å². The van der Waals surface area contributed by atoms with E-state index < -0.39 is 0 Å². The van der Waals surface area contributed by atoms with Gasteiger partial charge < -0.3 is 11.1 Å². The molecule has 3 heteroatoms. The Balaban J connectivity index is 2.30. The van der Waals surface area contributed by atoms with Crippen LogP contribution in [-0.4, -0.2) is 19.0 Å². The normalized spacial score (nSPS) is 14.1. The molecule has 3 N–H and O–H groups in total. The fourth-order valence-corrected chi connectivity index (χ4v) is 1.64. The van der Waals surface area contributed by atoms with Crippen LogP contribution in [-0.2, 0) is 4.79 Å². The molecule has 1 amide bonds. The molecule has 0 saturated carbocycles. The fourth-order valence-electron chi connectivity index (χ4n) is 1.64. The van der Waals surface area contributed by atoms with Crippen molar-refractivity contribution < 1.29 is 4.79 Å². The van der Waals surface area contributed by atoms with Crippen LogP contribution in [0, 0.1) is 5.92 Å². The van der Waals surface area contributed by atoms with Gasteiger partial charge in [-0.25, -0.2) is 0 Å². The maximum atomic E-state index is 11.5. The summed E-state index contributed by atoms with van der Waals surface area (Å²) in [6.45, 7) is 5.13. The van der Waals surface area contributed by atoms with E-state index in [9.17, 15) is 4.79 Å². The number of nitrogens with one attached hydrogen (secondary N) is 1. The van der Waals surface area contributed by atoms with Crippen LogP contribution >= 0.6 is 0 Å². The summed E-state index contributed by atoms with van der Waals surface area (Å²) < 4.78 is 0. The summed E-state index contributed by atoms with van der Waals surface area (Å²) in [7, 11) is 0. The Kier molecular flexibility index (Phi) is 5.70. The third-order valence-corrected chi connectivity index (χ3v) is 3.05. The smallest absolute Gasteiger partial charge is 0.224 e. The minimum Gasteiger partial charge on any atom is -0.356 e.